The van der Waals surface area contributed by atoms with Crippen LogP contribution in [0.5, 0.6) is 0 Å². The van der Waals surface area contributed by atoms with Crippen molar-refractivity contribution in [3.8, 4) is 0 Å². The van der Waals surface area contributed by atoms with E-state index in [1.165, 1.54) is 25.3 Å². The van der Waals surface area contributed by atoms with Crippen molar-refractivity contribution in [2.24, 2.45) is 5.41 Å². The summed E-state index contributed by atoms with van der Waals surface area (Å²) in [5, 5.41) is 3.30. The highest BCUT2D eigenvalue weighted by Gasteiger charge is 2.29. The summed E-state index contributed by atoms with van der Waals surface area (Å²) in [5.74, 6) is 1.27. The van der Waals surface area contributed by atoms with Crippen LogP contribution >= 0.6 is 11.8 Å². The van der Waals surface area contributed by atoms with Gasteiger partial charge in [-0.2, -0.15) is 11.8 Å². The number of hydrogen-bond acceptors (Lipinski definition) is 4. The molecule has 20 heavy (non-hydrogen) atoms. The predicted molar refractivity (Wildman–Crippen MR) is 80.9 cm³/mol. The zero-order valence-electron chi connectivity index (χ0n) is 12.0. The molecule has 0 radical (unpaired) electrons. The lowest BCUT2D eigenvalue weighted by Crippen LogP contribution is -2.35. The van der Waals surface area contributed by atoms with Gasteiger partial charge in [0.15, 0.2) is 0 Å². The number of halogens is 1. The van der Waals surface area contributed by atoms with Gasteiger partial charge in [0.1, 0.15) is 5.82 Å². The fourth-order valence-electron chi connectivity index (χ4n) is 2.50. The van der Waals surface area contributed by atoms with E-state index in [-0.39, 0.29) is 17.3 Å². The number of rotatable bonds is 3. The van der Waals surface area contributed by atoms with Crippen molar-refractivity contribution in [1.82, 2.24) is 0 Å². The lowest BCUT2D eigenvalue weighted by molar-refractivity contribution is 0.0601. The Bertz CT molecular complexity index is 505. The van der Waals surface area contributed by atoms with E-state index in [1.807, 2.05) is 11.8 Å². The summed E-state index contributed by atoms with van der Waals surface area (Å²) in [6.07, 6.45) is 0.997. The second-order valence-corrected chi connectivity index (χ2v) is 6.94. The molecule has 3 nitrogen and oxygen atoms in total. The number of anilines is 1. The Morgan fingerprint density at radius 2 is 2.25 bits per heavy atom. The van der Waals surface area contributed by atoms with Gasteiger partial charge in [-0.05, 0) is 35.8 Å². The van der Waals surface area contributed by atoms with Gasteiger partial charge in [-0.3, -0.25) is 0 Å². The number of thioether (sulfide) groups is 1. The first kappa shape index (κ1) is 15.2. The quantitative estimate of drug-likeness (QED) is 0.866. The lowest BCUT2D eigenvalue weighted by Gasteiger charge is -2.35. The monoisotopic (exact) mass is 297 g/mol. The zero-order chi connectivity index (χ0) is 14.8. The Balaban J connectivity index is 2.19. The molecular formula is C15H20FNO2S. The van der Waals surface area contributed by atoms with E-state index >= 15 is 0 Å². The molecule has 1 atom stereocenters. The summed E-state index contributed by atoms with van der Waals surface area (Å²) < 4.78 is 18.2. The average Bonchev–Trinajstić information content (AvgIpc) is 2.37. The molecule has 0 saturated carbocycles. The molecule has 2 rings (SSSR count). The third-order valence-electron chi connectivity index (χ3n) is 3.36. The smallest absolute Gasteiger partial charge is 0.339 e. The molecule has 1 heterocycles. The largest absolute Gasteiger partial charge is 0.465 e. The van der Waals surface area contributed by atoms with Gasteiger partial charge in [0.05, 0.1) is 18.4 Å². The summed E-state index contributed by atoms with van der Waals surface area (Å²) in [6, 6.07) is 4.33. The van der Waals surface area contributed by atoms with Crippen molar-refractivity contribution in [1.29, 1.82) is 0 Å². The van der Waals surface area contributed by atoms with Gasteiger partial charge in [0, 0.05) is 11.8 Å². The van der Waals surface area contributed by atoms with Crippen LogP contribution in [-0.4, -0.2) is 30.6 Å². The molecule has 1 aliphatic rings. The molecule has 1 saturated heterocycles. The van der Waals surface area contributed by atoms with Gasteiger partial charge in [-0.15, -0.1) is 0 Å². The van der Waals surface area contributed by atoms with Crippen LogP contribution in [0.2, 0.25) is 0 Å². The summed E-state index contributed by atoms with van der Waals surface area (Å²) in [4.78, 5) is 11.7. The third-order valence-corrected chi connectivity index (χ3v) is 4.98. The van der Waals surface area contributed by atoms with E-state index in [4.69, 9.17) is 4.74 Å². The molecule has 5 heteroatoms. The molecule has 1 unspecified atom stereocenters. The normalized spacial score (nSPS) is 21.3. The lowest BCUT2D eigenvalue weighted by atomic mass is 9.87. The molecule has 1 aromatic carbocycles. The van der Waals surface area contributed by atoms with Gasteiger partial charge in [0.25, 0.3) is 0 Å². The highest BCUT2D eigenvalue weighted by molar-refractivity contribution is 7.99. The molecule has 1 aromatic rings. The van der Waals surface area contributed by atoms with Crippen LogP contribution in [0.4, 0.5) is 10.1 Å². The fraction of sp³-hybridized carbons (Fsp3) is 0.533. The van der Waals surface area contributed by atoms with Gasteiger partial charge in [-0.1, -0.05) is 13.8 Å². The van der Waals surface area contributed by atoms with Crippen molar-refractivity contribution in [2.75, 3.05) is 23.9 Å². The number of esters is 1. The minimum absolute atomic E-state index is 0.231. The highest BCUT2D eigenvalue weighted by Crippen LogP contribution is 2.35. The molecule has 0 aliphatic carbocycles. The van der Waals surface area contributed by atoms with Crippen molar-refractivity contribution in [3.63, 3.8) is 0 Å². The Morgan fingerprint density at radius 3 is 2.90 bits per heavy atom. The van der Waals surface area contributed by atoms with Gasteiger partial charge < -0.3 is 10.1 Å². The highest BCUT2D eigenvalue weighted by atomic mass is 32.2. The topological polar surface area (TPSA) is 38.3 Å². The van der Waals surface area contributed by atoms with Crippen molar-refractivity contribution >= 4 is 23.4 Å². The number of carbonyl (C=O) groups excluding carboxylic acids is 1. The first-order chi connectivity index (χ1) is 9.41. The molecule has 0 bridgehead atoms. The molecule has 0 spiro atoms. The summed E-state index contributed by atoms with van der Waals surface area (Å²) in [5.41, 5.74) is 1.14. The molecule has 1 aliphatic heterocycles. The number of benzene rings is 1. The Morgan fingerprint density at radius 1 is 1.50 bits per heavy atom. The maximum absolute atomic E-state index is 13.4. The van der Waals surface area contributed by atoms with Crippen LogP contribution < -0.4 is 5.32 Å². The summed E-state index contributed by atoms with van der Waals surface area (Å²) in [7, 11) is 1.33. The van der Waals surface area contributed by atoms with Crippen LogP contribution in [0.25, 0.3) is 0 Å². The minimum Gasteiger partial charge on any atom is -0.465 e. The fourth-order valence-corrected chi connectivity index (χ4v) is 3.77. The van der Waals surface area contributed by atoms with Crippen LogP contribution in [0.3, 0.4) is 0 Å². The number of carbonyl (C=O) groups is 1. The SMILES string of the molecule is COC(=O)c1ccc(F)cc1NC1CSCC(C)(C)C1. The van der Waals surface area contributed by atoms with E-state index < -0.39 is 5.97 Å². The number of ether oxygens (including phenoxy) is 1. The van der Waals surface area contributed by atoms with Crippen molar-refractivity contribution in [3.05, 3.63) is 29.6 Å². The zero-order valence-corrected chi connectivity index (χ0v) is 12.8. The van der Waals surface area contributed by atoms with E-state index in [0.717, 1.165) is 17.9 Å². The molecule has 0 aromatic heterocycles. The van der Waals surface area contributed by atoms with Gasteiger partial charge in [-0.25, -0.2) is 9.18 Å². The Hall–Kier alpha value is -1.23. The Kier molecular flexibility index (Phi) is 4.58. The maximum atomic E-state index is 13.4. The molecule has 1 N–H and O–H groups in total. The predicted octanol–water partition coefficient (Wildman–Crippen LogP) is 3.56. The van der Waals surface area contributed by atoms with Crippen LogP contribution in [-0.2, 0) is 4.74 Å². The average molecular weight is 297 g/mol. The van der Waals surface area contributed by atoms with Crippen molar-refractivity contribution < 1.29 is 13.9 Å². The maximum Gasteiger partial charge on any atom is 0.339 e. The number of hydrogen-bond donors (Lipinski definition) is 1. The van der Waals surface area contributed by atoms with Gasteiger partial charge >= 0.3 is 5.97 Å². The number of nitrogens with one attached hydrogen (secondary N) is 1. The summed E-state index contributed by atoms with van der Waals surface area (Å²) >= 11 is 1.88. The molecule has 110 valence electrons. The summed E-state index contributed by atoms with van der Waals surface area (Å²) in [6.45, 7) is 4.45. The Labute approximate surface area is 123 Å². The first-order valence-electron chi connectivity index (χ1n) is 6.63. The van der Waals surface area contributed by atoms with E-state index in [2.05, 4.69) is 19.2 Å². The van der Waals surface area contributed by atoms with Crippen molar-refractivity contribution in [2.45, 2.75) is 26.3 Å². The van der Waals surface area contributed by atoms with E-state index in [1.54, 1.807) is 0 Å². The molecule has 0 amide bonds. The van der Waals surface area contributed by atoms with E-state index in [9.17, 15) is 9.18 Å². The van der Waals surface area contributed by atoms with Crippen LogP contribution in [0.1, 0.15) is 30.6 Å². The first-order valence-corrected chi connectivity index (χ1v) is 7.79. The molecule has 1 fully saturated rings. The second kappa shape index (κ2) is 6.04. The molecular weight excluding hydrogens is 277 g/mol. The van der Waals surface area contributed by atoms with Crippen LogP contribution in [0, 0.1) is 11.2 Å². The number of methoxy groups -OCH3 is 1. The third kappa shape index (κ3) is 3.66. The van der Waals surface area contributed by atoms with Gasteiger partial charge in [0.2, 0.25) is 0 Å². The van der Waals surface area contributed by atoms with Crippen LogP contribution in [0.15, 0.2) is 18.2 Å². The van der Waals surface area contributed by atoms with E-state index in [0.29, 0.717) is 11.3 Å². The standard InChI is InChI=1S/C15H20FNO2S/c1-15(2)7-11(8-20-9-15)17-13-6-10(16)4-5-12(13)14(18)19-3/h4-6,11,17H,7-9H2,1-3H3. The second-order valence-electron chi connectivity index (χ2n) is 5.91. The minimum atomic E-state index is -0.449.